The Morgan fingerprint density at radius 1 is 1.00 bits per heavy atom. The van der Waals surface area contributed by atoms with Crippen LogP contribution < -0.4 is 9.62 Å². The Hall–Kier alpha value is -2.88. The maximum atomic E-state index is 14.0. The fraction of sp³-hybridized carbons (Fsp3) is 0.333. The number of sulfonamides is 1. The minimum atomic E-state index is -4.14. The van der Waals surface area contributed by atoms with E-state index < -0.39 is 28.5 Å². The largest absolute Gasteiger partial charge is 0.354 e. The van der Waals surface area contributed by atoms with E-state index in [1.807, 2.05) is 38.1 Å². The predicted molar refractivity (Wildman–Crippen MR) is 164 cm³/mol. The Labute approximate surface area is 250 Å². The average molecular weight is 649 g/mol. The number of hydrogen-bond acceptors (Lipinski definition) is 4. The highest BCUT2D eigenvalue weighted by molar-refractivity contribution is 9.10. The highest BCUT2D eigenvalue weighted by atomic mass is 79.9. The van der Waals surface area contributed by atoms with Crippen molar-refractivity contribution in [3.63, 3.8) is 0 Å². The van der Waals surface area contributed by atoms with Crippen molar-refractivity contribution in [1.29, 1.82) is 0 Å². The number of hydrogen-bond donors (Lipinski definition) is 1. The van der Waals surface area contributed by atoms with Gasteiger partial charge in [0.25, 0.3) is 10.0 Å². The van der Waals surface area contributed by atoms with Crippen LogP contribution in [-0.4, -0.2) is 44.3 Å². The molecule has 214 valence electrons. The number of rotatable bonds is 12. The Kier molecular flexibility index (Phi) is 11.2. The van der Waals surface area contributed by atoms with Gasteiger partial charge in [-0.1, -0.05) is 70.7 Å². The van der Waals surface area contributed by atoms with E-state index in [0.29, 0.717) is 22.8 Å². The summed E-state index contributed by atoms with van der Waals surface area (Å²) >= 11 is 9.58. The monoisotopic (exact) mass is 647 g/mol. The van der Waals surface area contributed by atoms with E-state index in [1.54, 1.807) is 44.2 Å². The Morgan fingerprint density at radius 2 is 1.65 bits per heavy atom. The number of benzene rings is 3. The first kappa shape index (κ1) is 31.6. The van der Waals surface area contributed by atoms with Crippen molar-refractivity contribution in [2.75, 3.05) is 17.4 Å². The van der Waals surface area contributed by atoms with Gasteiger partial charge in [-0.15, -0.1) is 0 Å². The van der Waals surface area contributed by atoms with E-state index >= 15 is 0 Å². The lowest BCUT2D eigenvalue weighted by Crippen LogP contribution is -2.51. The first-order chi connectivity index (χ1) is 18.9. The summed E-state index contributed by atoms with van der Waals surface area (Å²) in [5.74, 6) is -0.805. The van der Waals surface area contributed by atoms with Crippen LogP contribution in [0.1, 0.15) is 43.4 Å². The first-order valence-electron chi connectivity index (χ1n) is 13.1. The summed E-state index contributed by atoms with van der Waals surface area (Å²) in [6, 6.07) is 17.9. The SMILES string of the molecule is CCCCNC(=O)C(C)N(Cc1ccc(Br)cc1)C(=O)CN(c1ccc(Cl)cc1C)S(=O)(=O)c1ccc(C)cc1. The topological polar surface area (TPSA) is 86.8 Å². The lowest BCUT2D eigenvalue weighted by molar-refractivity contribution is -0.139. The van der Waals surface area contributed by atoms with Crippen molar-refractivity contribution >= 4 is 55.1 Å². The molecule has 10 heteroatoms. The van der Waals surface area contributed by atoms with Crippen molar-refractivity contribution in [2.45, 2.75) is 58.0 Å². The van der Waals surface area contributed by atoms with Gasteiger partial charge in [0.05, 0.1) is 10.6 Å². The molecule has 0 heterocycles. The lowest BCUT2D eigenvalue weighted by Gasteiger charge is -2.32. The highest BCUT2D eigenvalue weighted by Crippen LogP contribution is 2.29. The second-order valence-electron chi connectivity index (χ2n) is 9.72. The van der Waals surface area contributed by atoms with Crippen LogP contribution in [0, 0.1) is 13.8 Å². The van der Waals surface area contributed by atoms with Crippen molar-refractivity contribution in [3.8, 4) is 0 Å². The third kappa shape index (κ3) is 8.08. The minimum absolute atomic E-state index is 0.0602. The van der Waals surface area contributed by atoms with Crippen LogP contribution >= 0.6 is 27.5 Å². The van der Waals surface area contributed by atoms with Gasteiger partial charge in [0, 0.05) is 22.6 Å². The molecule has 2 amide bonds. The Balaban J connectivity index is 2.03. The molecule has 0 fully saturated rings. The van der Waals surface area contributed by atoms with E-state index in [2.05, 4.69) is 21.2 Å². The van der Waals surface area contributed by atoms with Crippen LogP contribution in [-0.2, 0) is 26.2 Å². The summed E-state index contributed by atoms with van der Waals surface area (Å²) in [5, 5.41) is 3.34. The molecule has 0 saturated carbocycles. The van der Waals surface area contributed by atoms with Crippen LogP contribution in [0.3, 0.4) is 0 Å². The second-order valence-corrected chi connectivity index (χ2v) is 12.9. The Bertz CT molecular complexity index is 1430. The van der Waals surface area contributed by atoms with Crippen molar-refractivity contribution in [2.24, 2.45) is 0 Å². The van der Waals surface area contributed by atoms with Gasteiger partial charge >= 0.3 is 0 Å². The molecule has 3 aromatic carbocycles. The molecule has 1 atom stereocenters. The van der Waals surface area contributed by atoms with Crippen molar-refractivity contribution in [3.05, 3.63) is 92.9 Å². The number of halogens is 2. The quantitative estimate of drug-likeness (QED) is 0.235. The molecule has 3 aromatic rings. The van der Waals surface area contributed by atoms with E-state index in [0.717, 1.165) is 32.7 Å². The number of carbonyl (C=O) groups excluding carboxylic acids is 2. The standard InChI is InChI=1S/C30H35BrClN3O4S/c1-5-6-17-33-30(37)23(4)34(19-24-9-11-25(31)12-10-24)29(36)20-35(28-16-13-26(32)18-22(28)3)40(38,39)27-14-7-21(2)8-15-27/h7-16,18,23H,5-6,17,19-20H2,1-4H3,(H,33,37). The molecule has 0 saturated heterocycles. The number of amides is 2. The molecular weight excluding hydrogens is 614 g/mol. The number of nitrogens with one attached hydrogen (secondary N) is 1. The molecule has 0 aliphatic carbocycles. The summed E-state index contributed by atoms with van der Waals surface area (Å²) in [6.45, 7) is 7.43. The number of carbonyl (C=O) groups is 2. The van der Waals surface area contributed by atoms with Gasteiger partial charge in [0.2, 0.25) is 11.8 Å². The van der Waals surface area contributed by atoms with E-state index in [9.17, 15) is 18.0 Å². The van der Waals surface area contributed by atoms with Crippen molar-refractivity contribution < 1.29 is 18.0 Å². The summed E-state index contributed by atoms with van der Waals surface area (Å²) < 4.78 is 29.9. The molecular formula is C30H35BrClN3O4S. The molecule has 1 N–H and O–H groups in total. The maximum Gasteiger partial charge on any atom is 0.264 e. The van der Waals surface area contributed by atoms with Crippen LogP contribution in [0.5, 0.6) is 0 Å². The van der Waals surface area contributed by atoms with Crippen LogP contribution in [0.2, 0.25) is 5.02 Å². The summed E-state index contributed by atoms with van der Waals surface area (Å²) in [5.41, 5.74) is 2.65. The van der Waals surface area contributed by atoms with Gasteiger partial charge in [0.1, 0.15) is 12.6 Å². The molecule has 0 aliphatic heterocycles. The van der Waals surface area contributed by atoms with Crippen LogP contribution in [0.15, 0.2) is 76.1 Å². The van der Waals surface area contributed by atoms with Gasteiger partial charge in [-0.2, -0.15) is 0 Å². The third-order valence-corrected chi connectivity index (χ3v) is 9.12. The normalized spacial score (nSPS) is 12.1. The van der Waals surface area contributed by atoms with Gasteiger partial charge in [0.15, 0.2) is 0 Å². The number of aryl methyl sites for hydroxylation is 2. The zero-order valence-electron chi connectivity index (χ0n) is 23.2. The van der Waals surface area contributed by atoms with E-state index in [1.165, 1.54) is 17.0 Å². The van der Waals surface area contributed by atoms with Gasteiger partial charge in [-0.3, -0.25) is 13.9 Å². The van der Waals surface area contributed by atoms with Gasteiger partial charge in [-0.05, 0) is 80.8 Å². The fourth-order valence-electron chi connectivity index (χ4n) is 4.15. The highest BCUT2D eigenvalue weighted by Gasteiger charge is 2.33. The molecule has 0 spiro atoms. The van der Waals surface area contributed by atoms with Gasteiger partial charge in [-0.25, -0.2) is 8.42 Å². The fourth-order valence-corrected chi connectivity index (χ4v) is 6.12. The molecule has 40 heavy (non-hydrogen) atoms. The van der Waals surface area contributed by atoms with E-state index in [4.69, 9.17) is 11.6 Å². The molecule has 0 radical (unpaired) electrons. The third-order valence-electron chi connectivity index (χ3n) is 6.58. The van der Waals surface area contributed by atoms with Gasteiger partial charge < -0.3 is 10.2 Å². The second kappa shape index (κ2) is 14.1. The molecule has 0 aliphatic rings. The minimum Gasteiger partial charge on any atom is -0.354 e. The zero-order chi connectivity index (χ0) is 29.4. The smallest absolute Gasteiger partial charge is 0.264 e. The predicted octanol–water partition coefficient (Wildman–Crippen LogP) is 6.25. The molecule has 3 rings (SSSR count). The summed E-state index contributed by atoms with van der Waals surface area (Å²) in [7, 11) is -4.14. The number of nitrogens with zero attached hydrogens (tertiary/aromatic N) is 2. The maximum absolute atomic E-state index is 14.0. The molecule has 0 bridgehead atoms. The van der Waals surface area contributed by atoms with E-state index in [-0.39, 0.29) is 17.3 Å². The Morgan fingerprint density at radius 3 is 2.25 bits per heavy atom. The zero-order valence-corrected chi connectivity index (χ0v) is 26.3. The number of unbranched alkanes of at least 4 members (excludes halogenated alkanes) is 1. The summed E-state index contributed by atoms with van der Waals surface area (Å²) in [4.78, 5) is 28.5. The van der Waals surface area contributed by atoms with Crippen molar-refractivity contribution in [1.82, 2.24) is 10.2 Å². The number of anilines is 1. The molecule has 0 aromatic heterocycles. The first-order valence-corrected chi connectivity index (χ1v) is 15.7. The summed E-state index contributed by atoms with van der Waals surface area (Å²) in [6.07, 6.45) is 1.74. The lowest BCUT2D eigenvalue weighted by atomic mass is 10.1. The average Bonchev–Trinajstić information content (AvgIpc) is 2.91. The molecule has 1 unspecified atom stereocenters. The van der Waals surface area contributed by atoms with Crippen LogP contribution in [0.25, 0.3) is 0 Å². The van der Waals surface area contributed by atoms with Crippen LogP contribution in [0.4, 0.5) is 5.69 Å². The molecule has 7 nitrogen and oxygen atoms in total.